The Morgan fingerprint density at radius 2 is 1.88 bits per heavy atom. The maximum atomic E-state index is 12.9. The molecule has 2 fully saturated rings. The molecular formula is C18H19ClN4O. The molecule has 2 aliphatic rings. The van der Waals surface area contributed by atoms with Gasteiger partial charge in [0, 0.05) is 19.6 Å². The highest BCUT2D eigenvalue weighted by molar-refractivity contribution is 6.33. The van der Waals surface area contributed by atoms with E-state index in [4.69, 9.17) is 11.6 Å². The van der Waals surface area contributed by atoms with Crippen molar-refractivity contribution < 1.29 is 4.79 Å². The molecule has 1 unspecified atom stereocenters. The zero-order valence-corrected chi connectivity index (χ0v) is 14.1. The molecule has 0 saturated carbocycles. The van der Waals surface area contributed by atoms with Gasteiger partial charge >= 0.3 is 0 Å². The molecule has 4 rings (SSSR count). The first kappa shape index (κ1) is 15.4. The first-order valence-electron chi connectivity index (χ1n) is 8.37. The van der Waals surface area contributed by atoms with E-state index in [1.807, 2.05) is 23.1 Å². The number of hydrogen-bond donors (Lipinski definition) is 0. The SMILES string of the molecule is O=C(c1nc(N2CCCC2)ncc1Cl)N1CCC1c1ccccc1. The third-order valence-electron chi connectivity index (χ3n) is 4.79. The van der Waals surface area contributed by atoms with Gasteiger partial charge in [-0.05, 0) is 24.8 Å². The molecule has 2 saturated heterocycles. The number of amides is 1. The van der Waals surface area contributed by atoms with Crippen molar-refractivity contribution >= 4 is 23.5 Å². The van der Waals surface area contributed by atoms with Crippen LogP contribution in [0.2, 0.25) is 5.02 Å². The normalized spacial score (nSPS) is 20.1. The molecule has 1 aromatic heterocycles. The van der Waals surface area contributed by atoms with Gasteiger partial charge in [0.2, 0.25) is 5.95 Å². The summed E-state index contributed by atoms with van der Waals surface area (Å²) in [5, 5.41) is 0.321. The van der Waals surface area contributed by atoms with Crippen molar-refractivity contribution in [1.82, 2.24) is 14.9 Å². The zero-order valence-electron chi connectivity index (χ0n) is 13.4. The summed E-state index contributed by atoms with van der Waals surface area (Å²) in [5.41, 5.74) is 1.47. The van der Waals surface area contributed by atoms with Gasteiger partial charge in [0.1, 0.15) is 0 Å². The van der Waals surface area contributed by atoms with Gasteiger partial charge in [0.25, 0.3) is 5.91 Å². The average molecular weight is 343 g/mol. The average Bonchev–Trinajstić information content (AvgIpc) is 3.09. The molecule has 5 nitrogen and oxygen atoms in total. The molecule has 2 aromatic rings. The van der Waals surface area contributed by atoms with E-state index in [1.54, 1.807) is 6.20 Å². The fourth-order valence-electron chi connectivity index (χ4n) is 3.37. The maximum absolute atomic E-state index is 12.9. The Morgan fingerprint density at radius 3 is 2.54 bits per heavy atom. The number of anilines is 1. The summed E-state index contributed by atoms with van der Waals surface area (Å²) >= 11 is 6.23. The van der Waals surface area contributed by atoms with Gasteiger partial charge in [-0.1, -0.05) is 41.9 Å². The Morgan fingerprint density at radius 1 is 1.12 bits per heavy atom. The van der Waals surface area contributed by atoms with Crippen molar-refractivity contribution in [3.8, 4) is 0 Å². The standard InChI is InChI=1S/C18H19ClN4O/c19-14-12-20-18(22-9-4-5-10-22)21-16(14)17(24)23-11-8-15(23)13-6-2-1-3-7-13/h1-3,6-7,12,15H,4-5,8-11H2. The van der Waals surface area contributed by atoms with Crippen molar-refractivity contribution in [3.63, 3.8) is 0 Å². The number of nitrogens with zero attached hydrogens (tertiary/aromatic N) is 4. The van der Waals surface area contributed by atoms with Crippen LogP contribution in [0.5, 0.6) is 0 Å². The predicted molar refractivity (Wildman–Crippen MR) is 93.3 cm³/mol. The van der Waals surface area contributed by atoms with Crippen molar-refractivity contribution in [2.24, 2.45) is 0 Å². The largest absolute Gasteiger partial charge is 0.341 e. The Hall–Kier alpha value is -2.14. The predicted octanol–water partition coefficient (Wildman–Crippen LogP) is 3.32. The van der Waals surface area contributed by atoms with Crippen LogP contribution >= 0.6 is 11.6 Å². The van der Waals surface area contributed by atoms with Crippen LogP contribution in [-0.2, 0) is 0 Å². The quantitative estimate of drug-likeness (QED) is 0.858. The smallest absolute Gasteiger partial charge is 0.274 e. The third kappa shape index (κ3) is 2.73. The van der Waals surface area contributed by atoms with E-state index in [1.165, 1.54) is 0 Å². The molecule has 0 N–H and O–H groups in total. The molecule has 1 atom stereocenters. The number of carbonyl (C=O) groups excluding carboxylic acids is 1. The Labute approximate surface area is 146 Å². The van der Waals surface area contributed by atoms with E-state index in [9.17, 15) is 4.79 Å². The molecule has 6 heteroatoms. The highest BCUT2D eigenvalue weighted by Gasteiger charge is 2.35. The van der Waals surface area contributed by atoms with Crippen LogP contribution in [-0.4, -0.2) is 40.4 Å². The van der Waals surface area contributed by atoms with Gasteiger partial charge < -0.3 is 9.80 Å². The van der Waals surface area contributed by atoms with Crippen molar-refractivity contribution in [2.75, 3.05) is 24.5 Å². The number of carbonyl (C=O) groups is 1. The molecule has 24 heavy (non-hydrogen) atoms. The van der Waals surface area contributed by atoms with E-state index in [2.05, 4.69) is 27.0 Å². The highest BCUT2D eigenvalue weighted by Crippen LogP contribution is 2.35. The molecule has 0 aliphatic carbocycles. The van der Waals surface area contributed by atoms with Crippen LogP contribution < -0.4 is 4.90 Å². The van der Waals surface area contributed by atoms with E-state index in [-0.39, 0.29) is 11.9 Å². The number of aromatic nitrogens is 2. The lowest BCUT2D eigenvalue weighted by molar-refractivity contribution is 0.0454. The van der Waals surface area contributed by atoms with Crippen LogP contribution in [0, 0.1) is 0 Å². The minimum atomic E-state index is -0.108. The number of hydrogen-bond acceptors (Lipinski definition) is 4. The number of halogens is 1. The second kappa shape index (κ2) is 6.40. The first-order valence-corrected chi connectivity index (χ1v) is 8.75. The fraction of sp³-hybridized carbons (Fsp3) is 0.389. The van der Waals surface area contributed by atoms with E-state index >= 15 is 0 Å². The molecule has 2 aliphatic heterocycles. The second-order valence-electron chi connectivity index (χ2n) is 6.27. The van der Waals surface area contributed by atoms with Gasteiger partial charge in [-0.2, -0.15) is 0 Å². The van der Waals surface area contributed by atoms with Crippen molar-refractivity contribution in [1.29, 1.82) is 0 Å². The molecule has 124 valence electrons. The minimum absolute atomic E-state index is 0.108. The lowest BCUT2D eigenvalue weighted by atomic mass is 9.94. The van der Waals surface area contributed by atoms with Gasteiger partial charge in [0.05, 0.1) is 17.3 Å². The van der Waals surface area contributed by atoms with Gasteiger partial charge in [0.15, 0.2) is 5.69 Å². The maximum Gasteiger partial charge on any atom is 0.274 e. The Balaban J connectivity index is 1.59. The third-order valence-corrected chi connectivity index (χ3v) is 5.06. The number of benzene rings is 1. The molecule has 0 spiro atoms. The second-order valence-corrected chi connectivity index (χ2v) is 6.68. The lowest BCUT2D eigenvalue weighted by Crippen LogP contribution is -2.45. The molecule has 0 radical (unpaired) electrons. The summed E-state index contributed by atoms with van der Waals surface area (Å²) in [6.07, 6.45) is 4.79. The molecule has 1 amide bonds. The van der Waals surface area contributed by atoms with Crippen LogP contribution in [0.25, 0.3) is 0 Å². The van der Waals surface area contributed by atoms with E-state index in [0.717, 1.165) is 44.5 Å². The number of rotatable bonds is 3. The summed E-state index contributed by atoms with van der Waals surface area (Å²) in [7, 11) is 0. The molecule has 3 heterocycles. The summed E-state index contributed by atoms with van der Waals surface area (Å²) in [6.45, 7) is 2.61. The van der Waals surface area contributed by atoms with Crippen LogP contribution in [0.3, 0.4) is 0 Å². The molecule has 1 aromatic carbocycles. The van der Waals surface area contributed by atoms with Gasteiger partial charge in [-0.15, -0.1) is 0 Å². The topological polar surface area (TPSA) is 49.3 Å². The minimum Gasteiger partial charge on any atom is -0.341 e. The summed E-state index contributed by atoms with van der Waals surface area (Å²) in [6, 6.07) is 10.2. The molecule has 0 bridgehead atoms. The van der Waals surface area contributed by atoms with Crippen molar-refractivity contribution in [3.05, 3.63) is 52.8 Å². The van der Waals surface area contributed by atoms with Crippen LogP contribution in [0.4, 0.5) is 5.95 Å². The number of likely N-dealkylation sites (tertiary alicyclic amines) is 1. The van der Waals surface area contributed by atoms with Crippen LogP contribution in [0.1, 0.15) is 41.4 Å². The summed E-state index contributed by atoms with van der Waals surface area (Å²) in [4.78, 5) is 25.7. The van der Waals surface area contributed by atoms with Gasteiger partial charge in [-0.3, -0.25) is 4.79 Å². The monoisotopic (exact) mass is 342 g/mol. The van der Waals surface area contributed by atoms with Crippen molar-refractivity contribution in [2.45, 2.75) is 25.3 Å². The Bertz CT molecular complexity index is 746. The molecular weight excluding hydrogens is 324 g/mol. The Kier molecular flexibility index (Phi) is 4.10. The fourth-order valence-corrected chi connectivity index (χ4v) is 3.54. The van der Waals surface area contributed by atoms with E-state index in [0.29, 0.717) is 16.7 Å². The highest BCUT2D eigenvalue weighted by atomic mass is 35.5. The van der Waals surface area contributed by atoms with Crippen LogP contribution in [0.15, 0.2) is 36.5 Å². The lowest BCUT2D eigenvalue weighted by Gasteiger charge is -2.41. The van der Waals surface area contributed by atoms with Gasteiger partial charge in [-0.25, -0.2) is 9.97 Å². The zero-order chi connectivity index (χ0) is 16.5. The van der Waals surface area contributed by atoms with E-state index < -0.39 is 0 Å². The summed E-state index contributed by atoms with van der Waals surface area (Å²) < 4.78 is 0. The first-order chi connectivity index (χ1) is 11.7. The summed E-state index contributed by atoms with van der Waals surface area (Å²) in [5.74, 6) is 0.500.